The van der Waals surface area contributed by atoms with Crippen molar-refractivity contribution in [2.45, 2.75) is 19.5 Å². The summed E-state index contributed by atoms with van der Waals surface area (Å²) >= 11 is 7.91. The van der Waals surface area contributed by atoms with E-state index >= 15 is 0 Å². The van der Waals surface area contributed by atoms with Crippen molar-refractivity contribution < 1.29 is 0 Å². The minimum atomic E-state index is 0.589. The minimum Gasteiger partial charge on any atom is -0.295 e. The molecule has 0 aromatic carbocycles. The standard InChI is InChI=1S/C11H15ClN2S/c1-9-8-15-5-4-14(9)7-10-2-3-13-11(12)6-10/h2-3,6,9H,4-5,7-8H2,1H3. The molecule has 1 aromatic heterocycles. The Morgan fingerprint density at radius 1 is 1.67 bits per heavy atom. The fraction of sp³-hybridized carbons (Fsp3) is 0.545. The molecule has 1 aliphatic heterocycles. The van der Waals surface area contributed by atoms with Crippen LogP contribution in [0.4, 0.5) is 0 Å². The van der Waals surface area contributed by atoms with Crippen LogP contribution < -0.4 is 0 Å². The van der Waals surface area contributed by atoms with Gasteiger partial charge in [-0.1, -0.05) is 11.6 Å². The van der Waals surface area contributed by atoms with E-state index in [1.165, 1.54) is 23.6 Å². The van der Waals surface area contributed by atoms with Gasteiger partial charge in [-0.2, -0.15) is 11.8 Å². The van der Waals surface area contributed by atoms with Crippen molar-refractivity contribution in [3.63, 3.8) is 0 Å². The molecule has 2 rings (SSSR count). The van der Waals surface area contributed by atoms with E-state index in [0.29, 0.717) is 11.2 Å². The van der Waals surface area contributed by atoms with E-state index in [-0.39, 0.29) is 0 Å². The molecule has 82 valence electrons. The van der Waals surface area contributed by atoms with Gasteiger partial charge in [0.2, 0.25) is 0 Å². The van der Waals surface area contributed by atoms with E-state index in [0.717, 1.165) is 6.54 Å². The normalized spacial score (nSPS) is 22.9. The highest BCUT2D eigenvalue weighted by Crippen LogP contribution is 2.19. The zero-order valence-corrected chi connectivity index (χ0v) is 10.4. The fourth-order valence-corrected chi connectivity index (χ4v) is 3.05. The van der Waals surface area contributed by atoms with Crippen LogP contribution in [0.5, 0.6) is 0 Å². The SMILES string of the molecule is CC1CSCCN1Cc1ccnc(Cl)c1. The first kappa shape index (κ1) is 11.2. The van der Waals surface area contributed by atoms with Crippen LogP contribution in [0, 0.1) is 0 Å². The molecule has 2 heterocycles. The molecule has 1 atom stereocenters. The third-order valence-electron chi connectivity index (χ3n) is 2.68. The summed E-state index contributed by atoms with van der Waals surface area (Å²) < 4.78 is 0. The molecule has 1 saturated heterocycles. The lowest BCUT2D eigenvalue weighted by molar-refractivity contribution is 0.224. The van der Waals surface area contributed by atoms with Crippen LogP contribution in [0.2, 0.25) is 5.15 Å². The van der Waals surface area contributed by atoms with Crippen LogP contribution in [0.25, 0.3) is 0 Å². The van der Waals surface area contributed by atoms with Crippen molar-refractivity contribution in [1.82, 2.24) is 9.88 Å². The van der Waals surface area contributed by atoms with E-state index < -0.39 is 0 Å². The van der Waals surface area contributed by atoms with Gasteiger partial charge in [-0.25, -0.2) is 4.98 Å². The highest BCUT2D eigenvalue weighted by Gasteiger charge is 2.18. The average Bonchev–Trinajstić information content (AvgIpc) is 2.22. The zero-order valence-electron chi connectivity index (χ0n) is 8.82. The van der Waals surface area contributed by atoms with Gasteiger partial charge in [-0.3, -0.25) is 4.90 Å². The molecular formula is C11H15ClN2S. The van der Waals surface area contributed by atoms with E-state index in [4.69, 9.17) is 11.6 Å². The van der Waals surface area contributed by atoms with Gasteiger partial charge in [0.15, 0.2) is 0 Å². The van der Waals surface area contributed by atoms with Gasteiger partial charge in [0.25, 0.3) is 0 Å². The molecule has 0 aliphatic carbocycles. The van der Waals surface area contributed by atoms with Crippen LogP contribution in [0.3, 0.4) is 0 Å². The van der Waals surface area contributed by atoms with Crippen molar-refractivity contribution in [3.8, 4) is 0 Å². The van der Waals surface area contributed by atoms with Gasteiger partial charge in [0.05, 0.1) is 0 Å². The highest BCUT2D eigenvalue weighted by atomic mass is 35.5. The predicted octanol–water partition coefficient (Wildman–Crippen LogP) is 2.67. The first-order chi connectivity index (χ1) is 7.25. The lowest BCUT2D eigenvalue weighted by Gasteiger charge is -2.32. The Bertz CT molecular complexity index is 332. The summed E-state index contributed by atoms with van der Waals surface area (Å²) in [6.07, 6.45) is 1.78. The number of aromatic nitrogens is 1. The van der Waals surface area contributed by atoms with Gasteiger partial charge in [0.1, 0.15) is 5.15 Å². The second-order valence-electron chi connectivity index (χ2n) is 3.88. The van der Waals surface area contributed by atoms with Gasteiger partial charge >= 0.3 is 0 Å². The third-order valence-corrected chi connectivity index (χ3v) is 4.08. The highest BCUT2D eigenvalue weighted by molar-refractivity contribution is 7.99. The summed E-state index contributed by atoms with van der Waals surface area (Å²) in [5.41, 5.74) is 1.26. The molecule has 0 radical (unpaired) electrons. The Labute approximate surface area is 100 Å². The summed E-state index contributed by atoms with van der Waals surface area (Å²) in [6, 6.07) is 4.66. The number of hydrogen-bond donors (Lipinski definition) is 0. The average molecular weight is 243 g/mol. The van der Waals surface area contributed by atoms with Crippen LogP contribution in [-0.4, -0.2) is 34.0 Å². The molecule has 2 nitrogen and oxygen atoms in total. The van der Waals surface area contributed by atoms with Crippen molar-refractivity contribution in [3.05, 3.63) is 29.0 Å². The molecule has 4 heteroatoms. The second-order valence-corrected chi connectivity index (χ2v) is 5.42. The van der Waals surface area contributed by atoms with Crippen molar-refractivity contribution in [2.75, 3.05) is 18.1 Å². The number of pyridine rings is 1. The Kier molecular flexibility index (Phi) is 3.89. The van der Waals surface area contributed by atoms with Crippen LogP contribution >= 0.6 is 23.4 Å². The van der Waals surface area contributed by atoms with Gasteiger partial charge in [-0.15, -0.1) is 0 Å². The molecule has 0 spiro atoms. The quantitative estimate of drug-likeness (QED) is 0.742. The Morgan fingerprint density at radius 2 is 2.53 bits per heavy atom. The Morgan fingerprint density at radius 3 is 3.27 bits per heavy atom. The van der Waals surface area contributed by atoms with Crippen LogP contribution in [0.1, 0.15) is 12.5 Å². The van der Waals surface area contributed by atoms with Crippen LogP contribution in [0.15, 0.2) is 18.3 Å². The summed E-state index contributed by atoms with van der Waals surface area (Å²) in [6.45, 7) is 4.45. The summed E-state index contributed by atoms with van der Waals surface area (Å²) in [4.78, 5) is 6.50. The van der Waals surface area contributed by atoms with E-state index in [9.17, 15) is 0 Å². The predicted molar refractivity (Wildman–Crippen MR) is 66.4 cm³/mol. The minimum absolute atomic E-state index is 0.589. The molecule has 1 aromatic rings. The Hall–Kier alpha value is -0.250. The molecule has 0 saturated carbocycles. The molecule has 15 heavy (non-hydrogen) atoms. The molecule has 1 aliphatic rings. The molecule has 0 bridgehead atoms. The third kappa shape index (κ3) is 3.10. The molecular weight excluding hydrogens is 228 g/mol. The first-order valence-corrected chi connectivity index (χ1v) is 6.71. The Balaban J connectivity index is 2.01. The monoisotopic (exact) mass is 242 g/mol. The largest absolute Gasteiger partial charge is 0.295 e. The van der Waals surface area contributed by atoms with Crippen LogP contribution in [-0.2, 0) is 6.54 Å². The molecule has 1 fully saturated rings. The van der Waals surface area contributed by atoms with E-state index in [2.05, 4.69) is 16.8 Å². The topological polar surface area (TPSA) is 16.1 Å². The fourth-order valence-electron chi connectivity index (χ4n) is 1.77. The van der Waals surface area contributed by atoms with E-state index in [1.54, 1.807) is 6.20 Å². The maximum absolute atomic E-state index is 5.87. The summed E-state index contributed by atoms with van der Waals surface area (Å²) in [7, 11) is 0. The molecule has 0 amide bonds. The summed E-state index contributed by atoms with van der Waals surface area (Å²) in [5, 5.41) is 0.589. The number of hydrogen-bond acceptors (Lipinski definition) is 3. The van der Waals surface area contributed by atoms with Crippen molar-refractivity contribution in [1.29, 1.82) is 0 Å². The lowest BCUT2D eigenvalue weighted by atomic mass is 10.2. The van der Waals surface area contributed by atoms with Crippen molar-refractivity contribution in [2.24, 2.45) is 0 Å². The maximum Gasteiger partial charge on any atom is 0.129 e. The second kappa shape index (κ2) is 5.19. The van der Waals surface area contributed by atoms with E-state index in [1.807, 2.05) is 23.9 Å². The number of thioether (sulfide) groups is 1. The smallest absolute Gasteiger partial charge is 0.129 e. The maximum atomic E-state index is 5.87. The lowest BCUT2D eigenvalue weighted by Crippen LogP contribution is -2.39. The number of rotatable bonds is 2. The first-order valence-electron chi connectivity index (χ1n) is 5.18. The number of halogens is 1. The van der Waals surface area contributed by atoms with Crippen molar-refractivity contribution >= 4 is 23.4 Å². The van der Waals surface area contributed by atoms with Gasteiger partial charge < -0.3 is 0 Å². The molecule has 1 unspecified atom stereocenters. The van der Waals surface area contributed by atoms with Gasteiger partial charge in [0, 0.05) is 36.8 Å². The van der Waals surface area contributed by atoms with Gasteiger partial charge in [-0.05, 0) is 24.6 Å². The molecule has 0 N–H and O–H groups in total. The summed E-state index contributed by atoms with van der Waals surface area (Å²) in [5.74, 6) is 2.47. The number of nitrogens with zero attached hydrogens (tertiary/aromatic N) is 2. The zero-order chi connectivity index (χ0) is 10.7.